The zero-order valence-electron chi connectivity index (χ0n) is 12.5. The van der Waals surface area contributed by atoms with Crippen LogP contribution in [0.5, 0.6) is 0 Å². The van der Waals surface area contributed by atoms with Gasteiger partial charge in [-0.25, -0.2) is 9.37 Å². The van der Waals surface area contributed by atoms with E-state index in [1.54, 1.807) is 17.4 Å². The fraction of sp³-hybridized carbons (Fsp3) is 0.176. The van der Waals surface area contributed by atoms with E-state index in [1.807, 2.05) is 29.8 Å². The van der Waals surface area contributed by atoms with Crippen LogP contribution in [0.1, 0.15) is 16.1 Å². The van der Waals surface area contributed by atoms with Crippen molar-refractivity contribution in [2.45, 2.75) is 19.9 Å². The summed E-state index contributed by atoms with van der Waals surface area (Å²) in [6.45, 7) is 2.58. The third kappa shape index (κ3) is 4.03. The van der Waals surface area contributed by atoms with Gasteiger partial charge in [-0.3, -0.25) is 4.79 Å². The van der Waals surface area contributed by atoms with Crippen LogP contribution in [0, 0.1) is 12.7 Å². The second-order valence-corrected chi connectivity index (χ2v) is 6.99. The zero-order chi connectivity index (χ0) is 16.2. The predicted octanol–water partition coefficient (Wildman–Crippen LogP) is 4.18. The van der Waals surface area contributed by atoms with Crippen molar-refractivity contribution in [2.24, 2.45) is 0 Å². The number of nitrogens with one attached hydrogen (secondary N) is 1. The molecule has 0 radical (unpaired) electrons. The van der Waals surface area contributed by atoms with Gasteiger partial charge in [0.05, 0.1) is 18.7 Å². The summed E-state index contributed by atoms with van der Waals surface area (Å²) < 4.78 is 13.3. The third-order valence-corrected chi connectivity index (χ3v) is 5.34. The summed E-state index contributed by atoms with van der Waals surface area (Å²) in [6.07, 6.45) is 0.232. The van der Waals surface area contributed by atoms with Gasteiger partial charge in [0.15, 0.2) is 0 Å². The predicted molar refractivity (Wildman–Crippen MR) is 92.1 cm³/mol. The van der Waals surface area contributed by atoms with Crippen LogP contribution in [0.4, 0.5) is 4.39 Å². The van der Waals surface area contributed by atoms with Crippen molar-refractivity contribution >= 4 is 28.6 Å². The number of thiazole rings is 1. The standard InChI is InChI=1S/C17H15FN2OS2/c1-11-5-6-22-15(11)9-19-16(21)8-14-10-23-17(20-14)12-3-2-4-13(18)7-12/h2-7,10H,8-9H2,1H3,(H,19,21). The number of aryl methyl sites for hydroxylation is 1. The molecule has 0 fully saturated rings. The van der Waals surface area contributed by atoms with Crippen LogP contribution < -0.4 is 5.32 Å². The van der Waals surface area contributed by atoms with Crippen molar-refractivity contribution in [3.05, 3.63) is 63.0 Å². The Hall–Kier alpha value is -2.05. The van der Waals surface area contributed by atoms with E-state index < -0.39 is 0 Å². The van der Waals surface area contributed by atoms with E-state index in [1.165, 1.54) is 29.0 Å². The number of halogens is 1. The second kappa shape index (κ2) is 7.02. The molecule has 1 aromatic carbocycles. The lowest BCUT2D eigenvalue weighted by Crippen LogP contribution is -2.24. The number of nitrogens with zero attached hydrogens (tertiary/aromatic N) is 1. The van der Waals surface area contributed by atoms with Crippen molar-refractivity contribution in [1.29, 1.82) is 0 Å². The lowest BCUT2D eigenvalue weighted by molar-refractivity contribution is -0.120. The molecule has 23 heavy (non-hydrogen) atoms. The number of carbonyl (C=O) groups excluding carboxylic acids is 1. The Morgan fingerprint density at radius 2 is 2.17 bits per heavy atom. The van der Waals surface area contributed by atoms with Gasteiger partial charge < -0.3 is 5.32 Å². The molecule has 0 bridgehead atoms. The van der Waals surface area contributed by atoms with E-state index in [0.717, 1.165) is 15.4 Å². The highest BCUT2D eigenvalue weighted by molar-refractivity contribution is 7.13. The Bertz CT molecular complexity index is 825. The monoisotopic (exact) mass is 346 g/mol. The van der Waals surface area contributed by atoms with E-state index in [2.05, 4.69) is 10.3 Å². The lowest BCUT2D eigenvalue weighted by atomic mass is 10.2. The molecule has 1 amide bonds. The normalized spacial score (nSPS) is 10.7. The second-order valence-electron chi connectivity index (χ2n) is 5.13. The van der Waals surface area contributed by atoms with E-state index in [-0.39, 0.29) is 18.1 Å². The molecule has 6 heteroatoms. The van der Waals surface area contributed by atoms with Gasteiger partial charge in [-0.1, -0.05) is 12.1 Å². The molecule has 0 spiro atoms. The molecule has 0 saturated carbocycles. The number of thiophene rings is 1. The van der Waals surface area contributed by atoms with Gasteiger partial charge in [-0.05, 0) is 36.1 Å². The van der Waals surface area contributed by atoms with Gasteiger partial charge in [-0.2, -0.15) is 0 Å². The molecular weight excluding hydrogens is 331 g/mol. The first-order valence-electron chi connectivity index (χ1n) is 7.12. The Balaban J connectivity index is 1.60. The fourth-order valence-corrected chi connectivity index (χ4v) is 3.80. The van der Waals surface area contributed by atoms with Gasteiger partial charge in [0.2, 0.25) is 5.91 Å². The minimum atomic E-state index is -0.289. The summed E-state index contributed by atoms with van der Waals surface area (Å²) in [5.74, 6) is -0.350. The number of carbonyl (C=O) groups is 1. The maximum Gasteiger partial charge on any atom is 0.226 e. The number of hydrogen-bond acceptors (Lipinski definition) is 4. The topological polar surface area (TPSA) is 42.0 Å². The molecule has 118 valence electrons. The molecule has 0 atom stereocenters. The molecule has 0 saturated heterocycles. The summed E-state index contributed by atoms with van der Waals surface area (Å²) >= 11 is 3.05. The van der Waals surface area contributed by atoms with Crippen molar-refractivity contribution < 1.29 is 9.18 Å². The average Bonchev–Trinajstić information content (AvgIpc) is 3.14. The minimum absolute atomic E-state index is 0.0612. The SMILES string of the molecule is Cc1ccsc1CNC(=O)Cc1csc(-c2cccc(F)c2)n1. The molecule has 0 aliphatic rings. The Morgan fingerprint density at radius 3 is 2.91 bits per heavy atom. The van der Waals surface area contributed by atoms with Gasteiger partial charge in [0.25, 0.3) is 0 Å². The zero-order valence-corrected chi connectivity index (χ0v) is 14.1. The van der Waals surface area contributed by atoms with Crippen molar-refractivity contribution in [3.63, 3.8) is 0 Å². The maximum atomic E-state index is 13.3. The molecule has 0 aliphatic heterocycles. The van der Waals surface area contributed by atoms with Crippen LogP contribution in [-0.4, -0.2) is 10.9 Å². The molecule has 2 heterocycles. The van der Waals surface area contributed by atoms with Crippen LogP contribution >= 0.6 is 22.7 Å². The smallest absolute Gasteiger partial charge is 0.226 e. The molecular formula is C17H15FN2OS2. The summed E-state index contributed by atoms with van der Waals surface area (Å²) in [7, 11) is 0. The molecule has 3 aromatic rings. The van der Waals surface area contributed by atoms with E-state index in [9.17, 15) is 9.18 Å². The number of rotatable bonds is 5. The highest BCUT2D eigenvalue weighted by Crippen LogP contribution is 2.24. The molecule has 3 nitrogen and oxygen atoms in total. The van der Waals surface area contributed by atoms with Crippen LogP contribution in [-0.2, 0) is 17.8 Å². The van der Waals surface area contributed by atoms with E-state index >= 15 is 0 Å². The number of aromatic nitrogens is 1. The largest absolute Gasteiger partial charge is 0.351 e. The Morgan fingerprint density at radius 1 is 1.30 bits per heavy atom. The first kappa shape index (κ1) is 15.8. The molecule has 0 unspecified atom stereocenters. The van der Waals surface area contributed by atoms with Gasteiger partial charge in [0.1, 0.15) is 10.8 Å². The van der Waals surface area contributed by atoms with Crippen LogP contribution in [0.25, 0.3) is 10.6 Å². The first-order chi connectivity index (χ1) is 11.1. The average molecular weight is 346 g/mol. The molecule has 0 aliphatic carbocycles. The van der Waals surface area contributed by atoms with E-state index in [4.69, 9.17) is 0 Å². The van der Waals surface area contributed by atoms with Crippen molar-refractivity contribution in [2.75, 3.05) is 0 Å². The Labute approximate surface area is 141 Å². The molecule has 2 aromatic heterocycles. The van der Waals surface area contributed by atoms with Crippen molar-refractivity contribution in [1.82, 2.24) is 10.3 Å². The minimum Gasteiger partial charge on any atom is -0.351 e. The van der Waals surface area contributed by atoms with Gasteiger partial charge >= 0.3 is 0 Å². The fourth-order valence-electron chi connectivity index (χ4n) is 2.13. The summed E-state index contributed by atoms with van der Waals surface area (Å²) in [5.41, 5.74) is 2.63. The van der Waals surface area contributed by atoms with Crippen LogP contribution in [0.2, 0.25) is 0 Å². The van der Waals surface area contributed by atoms with Crippen molar-refractivity contribution in [3.8, 4) is 10.6 Å². The van der Waals surface area contributed by atoms with Gasteiger partial charge in [0, 0.05) is 15.8 Å². The molecule has 1 N–H and O–H groups in total. The van der Waals surface area contributed by atoms with Crippen LogP contribution in [0.3, 0.4) is 0 Å². The number of benzene rings is 1. The Kier molecular flexibility index (Phi) is 4.83. The van der Waals surface area contributed by atoms with Gasteiger partial charge in [-0.15, -0.1) is 22.7 Å². The molecule has 3 rings (SSSR count). The highest BCUT2D eigenvalue weighted by atomic mass is 32.1. The van der Waals surface area contributed by atoms with E-state index in [0.29, 0.717) is 12.2 Å². The maximum absolute atomic E-state index is 13.3. The first-order valence-corrected chi connectivity index (χ1v) is 8.88. The number of amides is 1. The summed E-state index contributed by atoms with van der Waals surface area (Å²) in [6, 6.07) is 8.35. The van der Waals surface area contributed by atoms with Crippen LogP contribution in [0.15, 0.2) is 41.1 Å². The third-order valence-electron chi connectivity index (χ3n) is 3.38. The summed E-state index contributed by atoms with van der Waals surface area (Å²) in [5, 5.41) is 7.49. The quantitative estimate of drug-likeness (QED) is 0.753. The number of hydrogen-bond donors (Lipinski definition) is 1. The summed E-state index contributed by atoms with van der Waals surface area (Å²) in [4.78, 5) is 17.6. The lowest BCUT2D eigenvalue weighted by Gasteiger charge is -2.03. The highest BCUT2D eigenvalue weighted by Gasteiger charge is 2.10.